The third-order valence-corrected chi connectivity index (χ3v) is 4.81. The number of likely N-dealkylation sites (tertiary alicyclic amines) is 1. The molecule has 1 aliphatic rings. The van der Waals surface area contributed by atoms with E-state index < -0.39 is 0 Å². The summed E-state index contributed by atoms with van der Waals surface area (Å²) in [6.07, 6.45) is 3.69. The van der Waals surface area contributed by atoms with Crippen molar-refractivity contribution in [3.8, 4) is 11.5 Å². The number of carbonyl (C=O) groups is 2. The summed E-state index contributed by atoms with van der Waals surface area (Å²) in [4.78, 5) is 29.5. The zero-order valence-electron chi connectivity index (χ0n) is 16.7. The van der Waals surface area contributed by atoms with Gasteiger partial charge < -0.3 is 29.1 Å². The highest BCUT2D eigenvalue weighted by molar-refractivity contribution is 5.99. The molecule has 2 aromatic rings. The second-order valence-corrected chi connectivity index (χ2v) is 6.81. The number of methoxy groups -OCH3 is 2. The lowest BCUT2D eigenvalue weighted by Crippen LogP contribution is -2.42. The first-order chi connectivity index (χ1) is 14.1. The van der Waals surface area contributed by atoms with Crippen LogP contribution in [0.2, 0.25) is 0 Å². The zero-order chi connectivity index (χ0) is 20.6. The molecular weight excluding hydrogens is 376 g/mol. The standard InChI is InChI=1S/C20H26N4O5/c1-27-16-11-15(12-17(13-16)28-2)20(26)24(9-8-23-6-3-4-7-23)14-19(25)21-18-5-10-29-22-18/h5,10-13H,3-4,6-9,14H2,1-2H3,(H,21,22,25). The molecule has 2 heterocycles. The van der Waals surface area contributed by atoms with E-state index in [-0.39, 0.29) is 18.4 Å². The van der Waals surface area contributed by atoms with Crippen LogP contribution >= 0.6 is 0 Å². The van der Waals surface area contributed by atoms with Crippen molar-refractivity contribution in [2.24, 2.45) is 0 Å². The van der Waals surface area contributed by atoms with E-state index in [4.69, 9.17) is 14.0 Å². The van der Waals surface area contributed by atoms with Gasteiger partial charge in [0.25, 0.3) is 5.91 Å². The largest absolute Gasteiger partial charge is 0.497 e. The maximum Gasteiger partial charge on any atom is 0.254 e. The van der Waals surface area contributed by atoms with Crippen LogP contribution in [0.4, 0.5) is 5.82 Å². The first kappa shape index (κ1) is 20.7. The molecular formula is C20H26N4O5. The van der Waals surface area contributed by atoms with Gasteiger partial charge in [0.05, 0.1) is 14.2 Å². The van der Waals surface area contributed by atoms with Crippen molar-refractivity contribution in [1.29, 1.82) is 0 Å². The Morgan fingerprint density at radius 1 is 1.17 bits per heavy atom. The van der Waals surface area contributed by atoms with Crippen molar-refractivity contribution in [2.75, 3.05) is 52.3 Å². The minimum absolute atomic E-state index is 0.0982. The van der Waals surface area contributed by atoms with Gasteiger partial charge in [0.15, 0.2) is 5.82 Å². The van der Waals surface area contributed by atoms with E-state index in [0.29, 0.717) is 36.0 Å². The number of hydrogen-bond donors (Lipinski definition) is 1. The second-order valence-electron chi connectivity index (χ2n) is 6.81. The number of rotatable bonds is 9. The molecule has 1 saturated heterocycles. The van der Waals surface area contributed by atoms with E-state index in [9.17, 15) is 9.59 Å². The first-order valence-electron chi connectivity index (χ1n) is 9.54. The van der Waals surface area contributed by atoms with E-state index >= 15 is 0 Å². The molecule has 0 saturated carbocycles. The smallest absolute Gasteiger partial charge is 0.254 e. The number of ether oxygens (including phenoxy) is 2. The number of nitrogens with one attached hydrogen (secondary N) is 1. The van der Waals surface area contributed by atoms with Gasteiger partial charge in [-0.3, -0.25) is 9.59 Å². The van der Waals surface area contributed by atoms with Crippen LogP contribution in [-0.2, 0) is 4.79 Å². The van der Waals surface area contributed by atoms with E-state index in [1.54, 1.807) is 24.3 Å². The van der Waals surface area contributed by atoms with Crippen LogP contribution in [0.15, 0.2) is 35.1 Å². The molecule has 9 heteroatoms. The molecule has 0 spiro atoms. The fourth-order valence-corrected chi connectivity index (χ4v) is 3.27. The maximum atomic E-state index is 13.2. The number of anilines is 1. The van der Waals surface area contributed by atoms with Crippen LogP contribution in [0.1, 0.15) is 23.2 Å². The van der Waals surface area contributed by atoms with Crippen LogP contribution in [-0.4, -0.2) is 73.7 Å². The lowest BCUT2D eigenvalue weighted by molar-refractivity contribution is -0.117. The molecule has 1 aromatic carbocycles. The third kappa shape index (κ3) is 5.71. The van der Waals surface area contributed by atoms with Crippen LogP contribution < -0.4 is 14.8 Å². The molecule has 0 bridgehead atoms. The van der Waals surface area contributed by atoms with Gasteiger partial charge in [-0.1, -0.05) is 5.16 Å². The highest BCUT2D eigenvalue weighted by atomic mass is 16.5. The Hall–Kier alpha value is -3.07. The van der Waals surface area contributed by atoms with Gasteiger partial charge >= 0.3 is 0 Å². The predicted octanol–water partition coefficient (Wildman–Crippen LogP) is 1.87. The van der Waals surface area contributed by atoms with E-state index in [2.05, 4.69) is 15.4 Å². The number of carbonyl (C=O) groups excluding carboxylic acids is 2. The summed E-state index contributed by atoms with van der Waals surface area (Å²) < 4.78 is 15.2. The topological polar surface area (TPSA) is 97.1 Å². The highest BCUT2D eigenvalue weighted by Crippen LogP contribution is 2.23. The minimum Gasteiger partial charge on any atom is -0.497 e. The zero-order valence-corrected chi connectivity index (χ0v) is 16.7. The summed E-state index contributed by atoms with van der Waals surface area (Å²) in [5.41, 5.74) is 0.400. The molecule has 0 aliphatic carbocycles. The maximum absolute atomic E-state index is 13.2. The monoisotopic (exact) mass is 402 g/mol. The van der Waals surface area contributed by atoms with Crippen molar-refractivity contribution in [2.45, 2.75) is 12.8 Å². The Balaban J connectivity index is 1.75. The van der Waals surface area contributed by atoms with E-state index in [1.165, 1.54) is 25.4 Å². The van der Waals surface area contributed by atoms with Gasteiger partial charge in [0, 0.05) is 30.8 Å². The van der Waals surface area contributed by atoms with Gasteiger partial charge in [-0.2, -0.15) is 0 Å². The molecule has 1 aromatic heterocycles. The van der Waals surface area contributed by atoms with Gasteiger partial charge in [-0.05, 0) is 38.1 Å². The normalized spacial score (nSPS) is 13.9. The lowest BCUT2D eigenvalue weighted by Gasteiger charge is -2.25. The quantitative estimate of drug-likeness (QED) is 0.684. The third-order valence-electron chi connectivity index (χ3n) is 4.81. The average molecular weight is 402 g/mol. The number of aromatic nitrogens is 1. The lowest BCUT2D eigenvalue weighted by atomic mass is 10.1. The average Bonchev–Trinajstić information content (AvgIpc) is 3.44. The molecule has 29 heavy (non-hydrogen) atoms. The highest BCUT2D eigenvalue weighted by Gasteiger charge is 2.22. The molecule has 156 valence electrons. The van der Waals surface area contributed by atoms with Crippen molar-refractivity contribution < 1.29 is 23.6 Å². The number of benzene rings is 1. The summed E-state index contributed by atoms with van der Waals surface area (Å²) in [5.74, 6) is 0.726. The van der Waals surface area contributed by atoms with Gasteiger partial charge in [-0.15, -0.1) is 0 Å². The SMILES string of the molecule is COc1cc(OC)cc(C(=O)N(CCN2CCCC2)CC(=O)Nc2ccon2)c1. The van der Waals surface area contributed by atoms with Gasteiger partial charge in [0.2, 0.25) is 5.91 Å². The Bertz CT molecular complexity index is 796. The number of amides is 2. The molecule has 2 amide bonds. The van der Waals surface area contributed by atoms with Crippen molar-refractivity contribution in [1.82, 2.24) is 15.0 Å². The summed E-state index contributed by atoms with van der Waals surface area (Å²) >= 11 is 0. The van der Waals surface area contributed by atoms with Crippen LogP contribution in [0.3, 0.4) is 0 Å². The fraction of sp³-hybridized carbons (Fsp3) is 0.450. The van der Waals surface area contributed by atoms with E-state index in [1.807, 2.05) is 0 Å². The molecule has 3 rings (SSSR count). The second kappa shape index (κ2) is 9.92. The first-order valence-corrected chi connectivity index (χ1v) is 9.54. The minimum atomic E-state index is -0.344. The Morgan fingerprint density at radius 3 is 2.45 bits per heavy atom. The molecule has 9 nitrogen and oxygen atoms in total. The molecule has 1 aliphatic heterocycles. The van der Waals surface area contributed by atoms with Crippen LogP contribution in [0.5, 0.6) is 11.5 Å². The van der Waals surface area contributed by atoms with Gasteiger partial charge in [0.1, 0.15) is 24.3 Å². The number of hydrogen-bond acceptors (Lipinski definition) is 7. The molecule has 0 radical (unpaired) electrons. The van der Waals surface area contributed by atoms with Crippen LogP contribution in [0, 0.1) is 0 Å². The summed E-state index contributed by atoms with van der Waals surface area (Å²) in [5, 5.41) is 6.30. The Kier molecular flexibility index (Phi) is 7.07. The van der Waals surface area contributed by atoms with Crippen molar-refractivity contribution in [3.05, 3.63) is 36.1 Å². The van der Waals surface area contributed by atoms with Crippen molar-refractivity contribution in [3.63, 3.8) is 0 Å². The molecule has 0 atom stereocenters. The Labute approximate surface area is 169 Å². The Morgan fingerprint density at radius 2 is 1.86 bits per heavy atom. The predicted molar refractivity (Wildman–Crippen MR) is 106 cm³/mol. The summed E-state index contributed by atoms with van der Waals surface area (Å²) in [6, 6.07) is 6.52. The molecule has 0 unspecified atom stereocenters. The van der Waals surface area contributed by atoms with Crippen molar-refractivity contribution >= 4 is 17.6 Å². The summed E-state index contributed by atoms with van der Waals surface area (Å²) in [6.45, 7) is 3.08. The van der Waals surface area contributed by atoms with Crippen LogP contribution in [0.25, 0.3) is 0 Å². The fourth-order valence-electron chi connectivity index (χ4n) is 3.27. The van der Waals surface area contributed by atoms with Gasteiger partial charge in [-0.25, -0.2) is 0 Å². The summed E-state index contributed by atoms with van der Waals surface area (Å²) in [7, 11) is 3.05. The number of nitrogens with zero attached hydrogens (tertiary/aromatic N) is 3. The molecule has 1 N–H and O–H groups in total. The molecule has 1 fully saturated rings. The van der Waals surface area contributed by atoms with E-state index in [0.717, 1.165) is 25.9 Å².